The summed E-state index contributed by atoms with van der Waals surface area (Å²) in [6, 6.07) is 8.71. The number of amides is 1. The maximum Gasteiger partial charge on any atom is 0.259 e. The SMILES string of the molecule is CCN(CC)Cc1c(O)ccc2oc(C)c(C(=O)Nc3cccc(Cl)c3C)c12. The van der Waals surface area contributed by atoms with Crippen LogP contribution in [0, 0.1) is 13.8 Å². The van der Waals surface area contributed by atoms with Crippen molar-refractivity contribution in [3.63, 3.8) is 0 Å². The highest BCUT2D eigenvalue weighted by Gasteiger charge is 2.24. The molecule has 0 unspecified atom stereocenters. The van der Waals surface area contributed by atoms with Gasteiger partial charge in [0.05, 0.1) is 5.56 Å². The maximum atomic E-state index is 13.2. The van der Waals surface area contributed by atoms with Gasteiger partial charge in [-0.25, -0.2) is 0 Å². The van der Waals surface area contributed by atoms with Gasteiger partial charge in [0.2, 0.25) is 0 Å². The van der Waals surface area contributed by atoms with Crippen LogP contribution in [0.2, 0.25) is 5.02 Å². The van der Waals surface area contributed by atoms with Gasteiger partial charge in [-0.15, -0.1) is 0 Å². The smallest absolute Gasteiger partial charge is 0.259 e. The summed E-state index contributed by atoms with van der Waals surface area (Å²) in [6.07, 6.45) is 0. The molecule has 0 fully saturated rings. The lowest BCUT2D eigenvalue weighted by Gasteiger charge is -2.19. The number of hydrogen-bond acceptors (Lipinski definition) is 4. The molecule has 1 heterocycles. The van der Waals surface area contributed by atoms with Crippen molar-refractivity contribution in [2.45, 2.75) is 34.2 Å². The third kappa shape index (κ3) is 3.73. The zero-order valence-corrected chi connectivity index (χ0v) is 17.4. The molecule has 0 aliphatic carbocycles. The number of carbonyl (C=O) groups is 1. The number of anilines is 1. The van der Waals surface area contributed by atoms with E-state index in [0.717, 1.165) is 18.7 Å². The van der Waals surface area contributed by atoms with Gasteiger partial charge in [-0.3, -0.25) is 9.69 Å². The standard InChI is InChI=1S/C22H25ClN2O3/c1-5-25(6-2)12-15-18(26)10-11-19-21(15)20(14(4)28-19)22(27)24-17-9-7-8-16(23)13(17)3/h7-11,26H,5-6,12H2,1-4H3,(H,24,27). The number of phenols is 1. The number of halogens is 1. The molecule has 1 amide bonds. The van der Waals surface area contributed by atoms with Crippen molar-refractivity contribution < 1.29 is 14.3 Å². The zero-order chi connectivity index (χ0) is 20.4. The van der Waals surface area contributed by atoms with E-state index in [1.807, 2.05) is 13.0 Å². The van der Waals surface area contributed by atoms with Gasteiger partial charge < -0.3 is 14.8 Å². The maximum absolute atomic E-state index is 13.2. The van der Waals surface area contributed by atoms with Crippen molar-refractivity contribution in [2.24, 2.45) is 0 Å². The van der Waals surface area contributed by atoms with Crippen molar-refractivity contribution in [3.8, 4) is 5.75 Å². The quantitative estimate of drug-likeness (QED) is 0.573. The van der Waals surface area contributed by atoms with Gasteiger partial charge in [0, 0.05) is 28.2 Å². The van der Waals surface area contributed by atoms with Crippen LogP contribution in [0.1, 0.15) is 41.1 Å². The molecule has 5 nitrogen and oxygen atoms in total. The number of hydrogen-bond donors (Lipinski definition) is 2. The minimum absolute atomic E-state index is 0.160. The van der Waals surface area contributed by atoms with Crippen LogP contribution in [-0.2, 0) is 6.54 Å². The van der Waals surface area contributed by atoms with Gasteiger partial charge in [-0.2, -0.15) is 0 Å². The second-order valence-electron chi connectivity index (χ2n) is 6.80. The first-order valence-corrected chi connectivity index (χ1v) is 9.77. The molecular weight excluding hydrogens is 376 g/mol. The molecule has 3 aromatic rings. The first-order valence-electron chi connectivity index (χ1n) is 9.40. The van der Waals surface area contributed by atoms with E-state index in [2.05, 4.69) is 24.1 Å². The van der Waals surface area contributed by atoms with Crippen molar-refractivity contribution in [2.75, 3.05) is 18.4 Å². The van der Waals surface area contributed by atoms with Crippen LogP contribution in [0.4, 0.5) is 5.69 Å². The summed E-state index contributed by atoms with van der Waals surface area (Å²) in [6.45, 7) is 9.96. The molecule has 2 N–H and O–H groups in total. The summed E-state index contributed by atoms with van der Waals surface area (Å²) in [5.74, 6) is 0.389. The molecule has 3 rings (SSSR count). The van der Waals surface area contributed by atoms with Crippen molar-refractivity contribution in [1.29, 1.82) is 0 Å². The van der Waals surface area contributed by atoms with Gasteiger partial charge in [-0.05, 0) is 56.8 Å². The Bertz CT molecular complexity index is 1020. The minimum atomic E-state index is -0.284. The van der Waals surface area contributed by atoms with Crippen LogP contribution in [-0.4, -0.2) is 29.0 Å². The van der Waals surface area contributed by atoms with Crippen LogP contribution in [0.15, 0.2) is 34.7 Å². The average molecular weight is 401 g/mol. The summed E-state index contributed by atoms with van der Waals surface area (Å²) in [7, 11) is 0. The fourth-order valence-electron chi connectivity index (χ4n) is 3.40. The van der Waals surface area contributed by atoms with Gasteiger partial charge in [0.25, 0.3) is 5.91 Å². The minimum Gasteiger partial charge on any atom is -0.508 e. The Morgan fingerprint density at radius 1 is 1.18 bits per heavy atom. The van der Waals surface area contributed by atoms with Crippen molar-refractivity contribution >= 4 is 34.2 Å². The number of rotatable bonds is 6. The number of aryl methyl sites for hydroxylation is 1. The predicted octanol–water partition coefficient (Wildman–Crippen LogP) is 5.50. The summed E-state index contributed by atoms with van der Waals surface area (Å²) < 4.78 is 5.84. The van der Waals surface area contributed by atoms with Gasteiger partial charge in [0.1, 0.15) is 17.1 Å². The largest absolute Gasteiger partial charge is 0.508 e. The second kappa shape index (κ2) is 8.25. The molecule has 0 spiro atoms. The van der Waals surface area contributed by atoms with Crippen molar-refractivity contribution in [1.82, 2.24) is 4.90 Å². The first-order chi connectivity index (χ1) is 13.4. The summed E-state index contributed by atoms with van der Waals surface area (Å²) in [5, 5.41) is 14.7. The Morgan fingerprint density at radius 3 is 2.57 bits per heavy atom. The summed E-state index contributed by atoms with van der Waals surface area (Å²) >= 11 is 6.18. The van der Waals surface area contributed by atoms with E-state index in [1.165, 1.54) is 0 Å². The van der Waals surface area contributed by atoms with Crippen LogP contribution in [0.25, 0.3) is 11.0 Å². The molecule has 0 atom stereocenters. The third-order valence-corrected chi connectivity index (χ3v) is 5.54. The molecule has 2 aromatic carbocycles. The van der Waals surface area contributed by atoms with Crippen LogP contribution in [0.5, 0.6) is 5.75 Å². The number of nitrogens with one attached hydrogen (secondary N) is 1. The number of phenolic OH excluding ortho intramolecular Hbond substituents is 1. The number of aromatic hydroxyl groups is 1. The first kappa shape index (κ1) is 20.2. The zero-order valence-electron chi connectivity index (χ0n) is 16.6. The number of nitrogens with zero attached hydrogens (tertiary/aromatic N) is 1. The Labute approximate surface area is 169 Å². The fraction of sp³-hybridized carbons (Fsp3) is 0.318. The molecule has 1 aromatic heterocycles. The summed E-state index contributed by atoms with van der Waals surface area (Å²) in [4.78, 5) is 15.3. The molecule has 0 aliphatic rings. The monoisotopic (exact) mass is 400 g/mol. The van der Waals surface area contributed by atoms with Crippen LogP contribution in [0.3, 0.4) is 0 Å². The topological polar surface area (TPSA) is 65.7 Å². The van der Waals surface area contributed by atoms with Crippen molar-refractivity contribution in [3.05, 3.63) is 57.8 Å². The number of fused-ring (bicyclic) bond motifs is 1. The Balaban J connectivity index is 2.09. The number of furan rings is 1. The highest BCUT2D eigenvalue weighted by atomic mass is 35.5. The van der Waals surface area contributed by atoms with Gasteiger partial charge in [0.15, 0.2) is 0 Å². The van der Waals surface area contributed by atoms with Gasteiger partial charge >= 0.3 is 0 Å². The highest BCUT2D eigenvalue weighted by molar-refractivity contribution is 6.31. The van der Waals surface area contributed by atoms with E-state index >= 15 is 0 Å². The Kier molecular flexibility index (Phi) is 5.96. The lowest BCUT2D eigenvalue weighted by Crippen LogP contribution is -2.22. The lowest BCUT2D eigenvalue weighted by molar-refractivity contribution is 0.102. The molecule has 28 heavy (non-hydrogen) atoms. The average Bonchev–Trinajstić information content (AvgIpc) is 3.01. The molecule has 6 heteroatoms. The third-order valence-electron chi connectivity index (χ3n) is 5.13. The molecule has 0 aliphatic heterocycles. The van der Waals surface area contributed by atoms with Crippen LogP contribution >= 0.6 is 11.6 Å². The Morgan fingerprint density at radius 2 is 1.89 bits per heavy atom. The molecule has 148 valence electrons. The molecule has 0 bridgehead atoms. The van der Waals surface area contributed by atoms with E-state index < -0.39 is 0 Å². The van der Waals surface area contributed by atoms with E-state index in [0.29, 0.717) is 45.1 Å². The Hall–Kier alpha value is -2.50. The van der Waals surface area contributed by atoms with E-state index in [9.17, 15) is 9.90 Å². The van der Waals surface area contributed by atoms with E-state index in [1.54, 1.807) is 31.2 Å². The normalized spacial score (nSPS) is 11.4. The van der Waals surface area contributed by atoms with Gasteiger partial charge in [-0.1, -0.05) is 31.5 Å². The van der Waals surface area contributed by atoms with E-state index in [-0.39, 0.29) is 11.7 Å². The molecule has 0 saturated carbocycles. The number of carbonyl (C=O) groups excluding carboxylic acids is 1. The molecule has 0 radical (unpaired) electrons. The predicted molar refractivity (Wildman–Crippen MR) is 113 cm³/mol. The second-order valence-corrected chi connectivity index (χ2v) is 7.20. The summed E-state index contributed by atoms with van der Waals surface area (Å²) in [5.41, 5.74) is 3.18. The van der Waals surface area contributed by atoms with E-state index in [4.69, 9.17) is 16.0 Å². The highest BCUT2D eigenvalue weighted by Crippen LogP contribution is 2.35. The molecular formula is C22H25ClN2O3. The fourth-order valence-corrected chi connectivity index (χ4v) is 3.57. The molecule has 0 saturated heterocycles. The van der Waals surface area contributed by atoms with Crippen LogP contribution < -0.4 is 5.32 Å². The lowest BCUT2D eigenvalue weighted by atomic mass is 10.0. The number of benzene rings is 2.